The number of halogens is 2. The molecule has 0 aliphatic rings. The highest BCUT2D eigenvalue weighted by Crippen LogP contribution is 2.32. The molecule has 1 N–H and O–H groups in total. The summed E-state index contributed by atoms with van der Waals surface area (Å²) >= 11 is 2.60. The van der Waals surface area contributed by atoms with Crippen molar-refractivity contribution in [2.24, 2.45) is 0 Å². The molecule has 8 nitrogen and oxygen atoms in total. The molecule has 0 atom stereocenters. The van der Waals surface area contributed by atoms with Crippen molar-refractivity contribution < 1.29 is 22.7 Å². The average Bonchev–Trinajstić information content (AvgIpc) is 3.52. The van der Waals surface area contributed by atoms with E-state index in [9.17, 15) is 13.6 Å². The molecule has 3 aromatic heterocycles. The molecule has 12 heteroatoms. The molecule has 0 aliphatic carbocycles. The fourth-order valence-electron chi connectivity index (χ4n) is 3.07. The van der Waals surface area contributed by atoms with Crippen molar-refractivity contribution in [2.75, 3.05) is 11.1 Å². The monoisotopic (exact) mass is 491 g/mol. The van der Waals surface area contributed by atoms with Crippen LogP contribution in [0.1, 0.15) is 11.8 Å². The van der Waals surface area contributed by atoms with E-state index in [0.29, 0.717) is 34.1 Å². The number of alkyl halides is 2. The SMILES string of the molecule is CCn1c(SCC(=O)Nc2nc(-c3ccc(OC(F)F)cc3)c(C)s2)nnc1-c1ccco1. The molecule has 0 saturated heterocycles. The second-order valence-corrected chi connectivity index (χ2v) is 8.84. The first-order valence-corrected chi connectivity index (χ1v) is 11.7. The predicted molar refractivity (Wildman–Crippen MR) is 122 cm³/mol. The number of rotatable bonds is 9. The Bertz CT molecular complexity index is 1220. The maximum absolute atomic E-state index is 12.5. The smallest absolute Gasteiger partial charge is 0.387 e. The summed E-state index contributed by atoms with van der Waals surface area (Å²) in [6.45, 7) is 1.59. The summed E-state index contributed by atoms with van der Waals surface area (Å²) < 4.78 is 36.3. The van der Waals surface area contributed by atoms with Gasteiger partial charge in [-0.25, -0.2) is 4.98 Å². The van der Waals surface area contributed by atoms with Crippen LogP contribution in [0.2, 0.25) is 0 Å². The van der Waals surface area contributed by atoms with Crippen LogP contribution >= 0.6 is 23.1 Å². The van der Waals surface area contributed by atoms with Gasteiger partial charge in [-0.2, -0.15) is 8.78 Å². The molecule has 4 aromatic rings. The Morgan fingerprint density at radius 2 is 2.06 bits per heavy atom. The molecule has 1 aromatic carbocycles. The molecule has 0 spiro atoms. The quantitative estimate of drug-likeness (QED) is 0.317. The summed E-state index contributed by atoms with van der Waals surface area (Å²) in [5.74, 6) is 1.19. The van der Waals surface area contributed by atoms with Gasteiger partial charge < -0.3 is 14.5 Å². The van der Waals surface area contributed by atoms with Crippen molar-refractivity contribution in [1.82, 2.24) is 19.7 Å². The topological polar surface area (TPSA) is 95.1 Å². The van der Waals surface area contributed by atoms with Crippen LogP contribution in [0.25, 0.3) is 22.8 Å². The van der Waals surface area contributed by atoms with E-state index in [-0.39, 0.29) is 17.4 Å². The fraction of sp³-hybridized carbons (Fsp3) is 0.238. The van der Waals surface area contributed by atoms with Gasteiger partial charge in [0.05, 0.1) is 17.7 Å². The highest BCUT2D eigenvalue weighted by molar-refractivity contribution is 7.99. The Morgan fingerprint density at radius 3 is 2.73 bits per heavy atom. The largest absolute Gasteiger partial charge is 0.461 e. The van der Waals surface area contributed by atoms with Crippen molar-refractivity contribution in [3.63, 3.8) is 0 Å². The van der Waals surface area contributed by atoms with Gasteiger partial charge in [0, 0.05) is 17.0 Å². The van der Waals surface area contributed by atoms with Crippen LogP contribution < -0.4 is 10.1 Å². The maximum Gasteiger partial charge on any atom is 0.387 e. The number of benzene rings is 1. The Hall–Kier alpha value is -3.25. The third-order valence-corrected chi connectivity index (χ3v) is 6.36. The molecule has 1 amide bonds. The lowest BCUT2D eigenvalue weighted by atomic mass is 10.1. The van der Waals surface area contributed by atoms with E-state index in [1.54, 1.807) is 30.5 Å². The highest BCUT2D eigenvalue weighted by atomic mass is 32.2. The average molecular weight is 492 g/mol. The van der Waals surface area contributed by atoms with Crippen molar-refractivity contribution in [2.45, 2.75) is 32.2 Å². The molecule has 0 aliphatic heterocycles. The van der Waals surface area contributed by atoms with E-state index in [1.807, 2.05) is 18.4 Å². The minimum absolute atomic E-state index is 0.0716. The Balaban J connectivity index is 1.39. The Labute approximate surface area is 196 Å². The Morgan fingerprint density at radius 1 is 1.27 bits per heavy atom. The number of nitrogens with one attached hydrogen (secondary N) is 1. The van der Waals surface area contributed by atoms with Crippen LogP contribution in [-0.2, 0) is 11.3 Å². The lowest BCUT2D eigenvalue weighted by molar-refractivity contribution is -0.113. The fourth-order valence-corrected chi connectivity index (χ4v) is 4.72. The number of carbonyl (C=O) groups excluding carboxylic acids is 1. The third kappa shape index (κ3) is 5.40. The van der Waals surface area contributed by atoms with Crippen molar-refractivity contribution >= 4 is 34.1 Å². The molecule has 172 valence electrons. The first kappa shape index (κ1) is 22.9. The van der Waals surface area contributed by atoms with Crippen LogP contribution in [-0.4, -0.2) is 38.0 Å². The van der Waals surface area contributed by atoms with Gasteiger partial charge in [-0.05, 0) is 50.2 Å². The van der Waals surface area contributed by atoms with Gasteiger partial charge in [-0.3, -0.25) is 9.36 Å². The van der Waals surface area contributed by atoms with Gasteiger partial charge in [0.1, 0.15) is 5.75 Å². The van der Waals surface area contributed by atoms with Crippen molar-refractivity contribution in [3.05, 3.63) is 47.5 Å². The van der Waals surface area contributed by atoms with Crippen LogP contribution in [0.3, 0.4) is 0 Å². The van der Waals surface area contributed by atoms with E-state index in [0.717, 1.165) is 10.4 Å². The molecule has 0 bridgehead atoms. The van der Waals surface area contributed by atoms with E-state index >= 15 is 0 Å². The second-order valence-electron chi connectivity index (χ2n) is 6.69. The number of ether oxygens (including phenoxy) is 1. The number of hydrogen-bond donors (Lipinski definition) is 1. The summed E-state index contributed by atoms with van der Waals surface area (Å²) in [6.07, 6.45) is 1.57. The zero-order valence-electron chi connectivity index (χ0n) is 17.6. The molecule has 0 fully saturated rings. The minimum Gasteiger partial charge on any atom is -0.461 e. The molecule has 0 unspecified atom stereocenters. The van der Waals surface area contributed by atoms with Gasteiger partial charge in [0.25, 0.3) is 0 Å². The van der Waals surface area contributed by atoms with Crippen LogP contribution in [0, 0.1) is 6.92 Å². The molecule has 4 rings (SSSR count). The lowest BCUT2D eigenvalue weighted by Gasteiger charge is -2.06. The highest BCUT2D eigenvalue weighted by Gasteiger charge is 2.17. The lowest BCUT2D eigenvalue weighted by Crippen LogP contribution is -2.14. The van der Waals surface area contributed by atoms with E-state index in [1.165, 1.54) is 35.2 Å². The summed E-state index contributed by atoms with van der Waals surface area (Å²) in [6, 6.07) is 9.79. The summed E-state index contributed by atoms with van der Waals surface area (Å²) in [5.41, 5.74) is 1.40. The molecular weight excluding hydrogens is 472 g/mol. The second kappa shape index (κ2) is 10.1. The number of furan rings is 1. The molecular formula is C21H19F2N5O3S2. The van der Waals surface area contributed by atoms with Gasteiger partial charge >= 0.3 is 6.61 Å². The first-order valence-electron chi connectivity index (χ1n) is 9.87. The maximum atomic E-state index is 12.5. The zero-order chi connectivity index (χ0) is 23.4. The number of aromatic nitrogens is 4. The van der Waals surface area contributed by atoms with E-state index in [4.69, 9.17) is 4.42 Å². The van der Waals surface area contributed by atoms with E-state index < -0.39 is 6.61 Å². The van der Waals surface area contributed by atoms with Gasteiger partial charge in [-0.15, -0.1) is 21.5 Å². The van der Waals surface area contributed by atoms with Crippen molar-refractivity contribution in [1.29, 1.82) is 0 Å². The van der Waals surface area contributed by atoms with Crippen LogP contribution in [0.5, 0.6) is 5.75 Å². The number of hydrogen-bond acceptors (Lipinski definition) is 8. The number of aryl methyl sites for hydroxylation is 1. The number of amides is 1. The standard InChI is InChI=1S/C21H19F2N5O3S2/c1-3-28-18(15-5-4-10-30-15)26-27-21(28)32-11-16(29)24-20-25-17(12(2)33-20)13-6-8-14(9-7-13)31-19(22)23/h4-10,19H,3,11H2,1-2H3,(H,24,25,29). The van der Waals surface area contributed by atoms with Crippen LogP contribution in [0.4, 0.5) is 13.9 Å². The summed E-state index contributed by atoms with van der Waals surface area (Å²) in [4.78, 5) is 17.9. The van der Waals surface area contributed by atoms with Crippen LogP contribution in [0.15, 0.2) is 52.2 Å². The number of nitrogens with zero attached hydrogens (tertiary/aromatic N) is 4. The van der Waals surface area contributed by atoms with Crippen molar-refractivity contribution in [3.8, 4) is 28.6 Å². The number of carbonyl (C=O) groups is 1. The number of thioether (sulfide) groups is 1. The summed E-state index contributed by atoms with van der Waals surface area (Å²) in [5, 5.41) is 12.2. The molecule has 33 heavy (non-hydrogen) atoms. The van der Waals surface area contributed by atoms with E-state index in [2.05, 4.69) is 25.2 Å². The summed E-state index contributed by atoms with van der Waals surface area (Å²) in [7, 11) is 0. The number of anilines is 1. The molecule has 0 saturated carbocycles. The molecule has 3 heterocycles. The third-order valence-electron chi connectivity index (χ3n) is 4.50. The van der Waals surface area contributed by atoms with Gasteiger partial charge in [-0.1, -0.05) is 11.8 Å². The van der Waals surface area contributed by atoms with Gasteiger partial charge in [0.15, 0.2) is 21.9 Å². The first-order chi connectivity index (χ1) is 15.9. The Kier molecular flexibility index (Phi) is 7.04. The minimum atomic E-state index is -2.88. The number of thiazole rings is 1. The normalized spacial score (nSPS) is 11.2. The molecule has 0 radical (unpaired) electrons. The predicted octanol–water partition coefficient (Wildman–Crippen LogP) is 5.32. The zero-order valence-corrected chi connectivity index (χ0v) is 19.3. The van der Waals surface area contributed by atoms with Gasteiger partial charge in [0.2, 0.25) is 5.91 Å².